The number of carbonyl (C=O) groups excluding carboxylic acids is 1. The zero-order valence-electron chi connectivity index (χ0n) is 12.7. The van der Waals surface area contributed by atoms with Crippen LogP contribution in [0.1, 0.15) is 36.0 Å². The van der Waals surface area contributed by atoms with E-state index in [9.17, 15) is 4.79 Å². The highest BCUT2D eigenvalue weighted by atomic mass is 35.5. The molecule has 1 saturated carbocycles. The summed E-state index contributed by atoms with van der Waals surface area (Å²) in [6, 6.07) is 5.72. The third-order valence-electron chi connectivity index (χ3n) is 4.17. The minimum absolute atomic E-state index is 0.0197. The van der Waals surface area contributed by atoms with Gasteiger partial charge >= 0.3 is 0 Å². The first-order chi connectivity index (χ1) is 10.0. The lowest BCUT2D eigenvalue weighted by molar-refractivity contribution is 0.0827. The lowest BCUT2D eigenvalue weighted by atomic mass is 9.84. The Morgan fingerprint density at radius 2 is 2.10 bits per heavy atom. The van der Waals surface area contributed by atoms with Crippen LogP contribution in [0.15, 0.2) is 18.2 Å². The van der Waals surface area contributed by atoms with Crippen molar-refractivity contribution < 1.29 is 4.79 Å². The van der Waals surface area contributed by atoms with Crippen molar-refractivity contribution >= 4 is 23.2 Å². The molecule has 2 rings (SSSR count). The van der Waals surface area contributed by atoms with E-state index in [2.05, 4.69) is 5.32 Å². The molecule has 1 aliphatic carbocycles. The molecule has 116 valence electrons. The molecule has 1 aromatic carbocycles. The number of hydrogen-bond donors (Lipinski definition) is 2. The molecule has 1 amide bonds. The summed E-state index contributed by atoms with van der Waals surface area (Å²) in [7, 11) is 3.49. The van der Waals surface area contributed by atoms with Gasteiger partial charge in [0.05, 0.1) is 10.7 Å². The smallest absolute Gasteiger partial charge is 0.253 e. The van der Waals surface area contributed by atoms with Crippen molar-refractivity contribution in [2.24, 2.45) is 11.7 Å². The fourth-order valence-corrected chi connectivity index (χ4v) is 3.08. The molecule has 4 nitrogen and oxygen atoms in total. The van der Waals surface area contributed by atoms with Gasteiger partial charge in [-0.25, -0.2) is 0 Å². The molecule has 5 heteroatoms. The van der Waals surface area contributed by atoms with Crippen LogP contribution in [0.3, 0.4) is 0 Å². The van der Waals surface area contributed by atoms with E-state index in [4.69, 9.17) is 17.3 Å². The van der Waals surface area contributed by atoms with Gasteiger partial charge in [-0.1, -0.05) is 24.4 Å². The standard InChI is InChI=1S/C16H24ClN3O/c1-20(2)16(21)11-7-8-13(17)15(9-11)19-14-6-4-3-5-12(14)10-18/h7-9,12,14,19H,3-6,10,18H2,1-2H3. The van der Waals surface area contributed by atoms with Crippen molar-refractivity contribution in [3.63, 3.8) is 0 Å². The second-order valence-electron chi connectivity index (χ2n) is 5.93. The van der Waals surface area contributed by atoms with E-state index in [1.165, 1.54) is 12.8 Å². The van der Waals surface area contributed by atoms with Crippen molar-refractivity contribution in [3.05, 3.63) is 28.8 Å². The fraction of sp³-hybridized carbons (Fsp3) is 0.562. The summed E-state index contributed by atoms with van der Waals surface area (Å²) >= 11 is 6.27. The van der Waals surface area contributed by atoms with Crippen molar-refractivity contribution in [3.8, 4) is 0 Å². The summed E-state index contributed by atoms with van der Waals surface area (Å²) < 4.78 is 0. The van der Waals surface area contributed by atoms with Gasteiger partial charge < -0.3 is 16.0 Å². The summed E-state index contributed by atoms with van der Waals surface area (Å²) in [6.45, 7) is 0.686. The van der Waals surface area contributed by atoms with Gasteiger partial charge in [-0.2, -0.15) is 0 Å². The molecule has 0 bridgehead atoms. The van der Waals surface area contributed by atoms with Gasteiger partial charge in [0.25, 0.3) is 5.91 Å². The highest BCUT2D eigenvalue weighted by Gasteiger charge is 2.24. The topological polar surface area (TPSA) is 58.4 Å². The summed E-state index contributed by atoms with van der Waals surface area (Å²) in [5.74, 6) is 0.455. The van der Waals surface area contributed by atoms with Crippen LogP contribution in [0, 0.1) is 5.92 Å². The lowest BCUT2D eigenvalue weighted by Crippen LogP contribution is -2.36. The van der Waals surface area contributed by atoms with Crippen LogP contribution in [0.4, 0.5) is 5.69 Å². The van der Waals surface area contributed by atoms with E-state index in [1.54, 1.807) is 31.1 Å². The van der Waals surface area contributed by atoms with Gasteiger partial charge in [-0.15, -0.1) is 0 Å². The number of amides is 1. The number of anilines is 1. The average molecular weight is 310 g/mol. The van der Waals surface area contributed by atoms with E-state index in [0.29, 0.717) is 29.1 Å². The quantitative estimate of drug-likeness (QED) is 0.899. The minimum atomic E-state index is -0.0197. The highest BCUT2D eigenvalue weighted by molar-refractivity contribution is 6.33. The van der Waals surface area contributed by atoms with Gasteiger partial charge in [0, 0.05) is 25.7 Å². The Balaban J connectivity index is 2.18. The number of carbonyl (C=O) groups is 1. The van der Waals surface area contributed by atoms with E-state index in [-0.39, 0.29) is 5.91 Å². The molecule has 1 aliphatic rings. The number of nitrogens with zero attached hydrogens (tertiary/aromatic N) is 1. The van der Waals surface area contributed by atoms with Crippen LogP contribution in [0.5, 0.6) is 0 Å². The van der Waals surface area contributed by atoms with E-state index < -0.39 is 0 Å². The summed E-state index contributed by atoms with van der Waals surface area (Å²) in [5.41, 5.74) is 7.34. The zero-order chi connectivity index (χ0) is 15.4. The monoisotopic (exact) mass is 309 g/mol. The largest absolute Gasteiger partial charge is 0.381 e. The summed E-state index contributed by atoms with van der Waals surface area (Å²) in [6.07, 6.45) is 4.71. The first-order valence-corrected chi connectivity index (χ1v) is 7.88. The van der Waals surface area contributed by atoms with E-state index in [1.807, 2.05) is 6.07 Å². The van der Waals surface area contributed by atoms with Gasteiger partial charge in [0.2, 0.25) is 0 Å². The maximum atomic E-state index is 12.1. The first kappa shape index (κ1) is 16.1. The molecule has 0 heterocycles. The Labute approximate surface area is 131 Å². The van der Waals surface area contributed by atoms with Crippen molar-refractivity contribution in [1.82, 2.24) is 4.90 Å². The third-order valence-corrected chi connectivity index (χ3v) is 4.50. The number of hydrogen-bond acceptors (Lipinski definition) is 3. The Morgan fingerprint density at radius 1 is 1.38 bits per heavy atom. The molecular formula is C16H24ClN3O. The predicted molar refractivity (Wildman–Crippen MR) is 87.9 cm³/mol. The molecule has 0 aromatic heterocycles. The van der Waals surface area contributed by atoms with Crippen LogP contribution >= 0.6 is 11.6 Å². The van der Waals surface area contributed by atoms with Crippen molar-refractivity contribution in [2.75, 3.05) is 26.0 Å². The number of nitrogens with two attached hydrogens (primary N) is 1. The van der Waals surface area contributed by atoms with Crippen LogP contribution < -0.4 is 11.1 Å². The van der Waals surface area contributed by atoms with Crippen molar-refractivity contribution in [1.29, 1.82) is 0 Å². The van der Waals surface area contributed by atoms with Crippen LogP contribution in [-0.2, 0) is 0 Å². The molecule has 1 fully saturated rings. The van der Waals surface area contributed by atoms with Gasteiger partial charge in [0.15, 0.2) is 0 Å². The molecule has 0 radical (unpaired) electrons. The predicted octanol–water partition coefficient (Wildman–Crippen LogP) is 2.97. The van der Waals surface area contributed by atoms with Crippen LogP contribution in [-0.4, -0.2) is 37.5 Å². The Bertz CT molecular complexity index is 504. The number of nitrogens with one attached hydrogen (secondary N) is 1. The molecule has 1 aromatic rings. The molecule has 0 aliphatic heterocycles. The molecule has 0 spiro atoms. The van der Waals surface area contributed by atoms with Gasteiger partial charge in [-0.3, -0.25) is 4.79 Å². The van der Waals surface area contributed by atoms with Gasteiger partial charge in [0.1, 0.15) is 0 Å². The number of benzene rings is 1. The molecule has 0 saturated heterocycles. The van der Waals surface area contributed by atoms with Crippen LogP contribution in [0.25, 0.3) is 0 Å². The molecule has 2 unspecified atom stereocenters. The van der Waals surface area contributed by atoms with Crippen LogP contribution in [0.2, 0.25) is 5.02 Å². The molecule has 3 N–H and O–H groups in total. The lowest BCUT2D eigenvalue weighted by Gasteiger charge is -2.32. The summed E-state index contributed by atoms with van der Waals surface area (Å²) in [5, 5.41) is 4.15. The minimum Gasteiger partial charge on any atom is -0.381 e. The van der Waals surface area contributed by atoms with Gasteiger partial charge in [-0.05, 0) is 43.5 Å². The molecular weight excluding hydrogens is 286 g/mol. The zero-order valence-corrected chi connectivity index (χ0v) is 13.5. The van der Waals surface area contributed by atoms with E-state index >= 15 is 0 Å². The Morgan fingerprint density at radius 3 is 2.76 bits per heavy atom. The first-order valence-electron chi connectivity index (χ1n) is 7.50. The molecule has 21 heavy (non-hydrogen) atoms. The SMILES string of the molecule is CN(C)C(=O)c1ccc(Cl)c(NC2CCCCC2CN)c1. The normalized spacial score (nSPS) is 21.9. The highest BCUT2D eigenvalue weighted by Crippen LogP contribution is 2.30. The number of rotatable bonds is 4. The maximum Gasteiger partial charge on any atom is 0.253 e. The maximum absolute atomic E-state index is 12.1. The average Bonchev–Trinajstić information content (AvgIpc) is 2.49. The number of halogens is 1. The molecule has 2 atom stereocenters. The second kappa shape index (κ2) is 7.14. The van der Waals surface area contributed by atoms with Crippen molar-refractivity contribution in [2.45, 2.75) is 31.7 Å². The third kappa shape index (κ3) is 3.89. The second-order valence-corrected chi connectivity index (χ2v) is 6.33. The summed E-state index contributed by atoms with van der Waals surface area (Å²) in [4.78, 5) is 13.6. The Hall–Kier alpha value is -1.26. The Kier molecular flexibility index (Phi) is 5.48. The van der Waals surface area contributed by atoms with E-state index in [0.717, 1.165) is 18.5 Å². The fourth-order valence-electron chi connectivity index (χ4n) is 2.91.